The van der Waals surface area contributed by atoms with E-state index in [4.69, 9.17) is 4.74 Å². The number of amides is 1. The molecular formula is C18H22N4O2. The van der Waals surface area contributed by atoms with Crippen molar-refractivity contribution >= 4 is 11.7 Å². The molecule has 0 saturated carbocycles. The van der Waals surface area contributed by atoms with Crippen LogP contribution in [0.2, 0.25) is 0 Å². The van der Waals surface area contributed by atoms with Crippen LogP contribution in [0.15, 0.2) is 36.5 Å². The molecule has 1 aliphatic rings. The zero-order valence-electron chi connectivity index (χ0n) is 14.0. The molecule has 1 fully saturated rings. The first-order valence-electron chi connectivity index (χ1n) is 8.15. The van der Waals surface area contributed by atoms with Crippen LogP contribution in [0.3, 0.4) is 0 Å². The molecule has 2 heterocycles. The summed E-state index contributed by atoms with van der Waals surface area (Å²) in [4.78, 5) is 14.7. The van der Waals surface area contributed by atoms with E-state index in [-0.39, 0.29) is 5.91 Å². The van der Waals surface area contributed by atoms with Crippen molar-refractivity contribution in [2.24, 2.45) is 0 Å². The number of anilines is 1. The lowest BCUT2D eigenvalue weighted by molar-refractivity contribution is 0.0715. The van der Waals surface area contributed by atoms with Gasteiger partial charge in [0, 0.05) is 25.3 Å². The van der Waals surface area contributed by atoms with Gasteiger partial charge in [-0.15, -0.1) is 5.10 Å². The lowest BCUT2D eigenvalue weighted by atomic mass is 10.0. The van der Waals surface area contributed by atoms with Crippen LogP contribution in [-0.4, -0.2) is 47.2 Å². The summed E-state index contributed by atoms with van der Waals surface area (Å²) in [6.07, 6.45) is 3.43. The van der Waals surface area contributed by atoms with Gasteiger partial charge in [-0.1, -0.05) is 11.6 Å². The van der Waals surface area contributed by atoms with Crippen LogP contribution in [0.4, 0.5) is 5.82 Å². The molecule has 1 N–H and O–H groups in total. The lowest BCUT2D eigenvalue weighted by Crippen LogP contribution is -2.42. The predicted octanol–water partition coefficient (Wildman–Crippen LogP) is 2.51. The third-order valence-corrected chi connectivity index (χ3v) is 4.29. The van der Waals surface area contributed by atoms with Crippen LogP contribution in [0.5, 0.6) is 5.75 Å². The second-order valence-corrected chi connectivity index (χ2v) is 6.02. The fraction of sp³-hybridized carbons (Fsp3) is 0.389. The molecule has 2 aromatic rings. The molecule has 1 aromatic heterocycles. The number of nitrogens with zero attached hydrogens (tertiary/aromatic N) is 3. The molecule has 126 valence electrons. The van der Waals surface area contributed by atoms with Gasteiger partial charge in [-0.05, 0) is 44.0 Å². The topological polar surface area (TPSA) is 67.3 Å². The molecule has 1 aliphatic heterocycles. The van der Waals surface area contributed by atoms with Gasteiger partial charge in [0.2, 0.25) is 0 Å². The molecule has 1 saturated heterocycles. The molecule has 0 bridgehead atoms. The Morgan fingerprint density at radius 2 is 2.08 bits per heavy atom. The first-order valence-corrected chi connectivity index (χ1v) is 8.15. The third kappa shape index (κ3) is 3.64. The summed E-state index contributed by atoms with van der Waals surface area (Å²) in [7, 11) is 1.60. The number of nitrogens with one attached hydrogen (secondary N) is 1. The Morgan fingerprint density at radius 3 is 2.75 bits per heavy atom. The van der Waals surface area contributed by atoms with Crippen molar-refractivity contribution in [2.45, 2.75) is 25.8 Å². The molecule has 0 unspecified atom stereocenters. The average Bonchev–Trinajstić information content (AvgIpc) is 2.62. The number of piperidine rings is 1. The van der Waals surface area contributed by atoms with Crippen molar-refractivity contribution in [1.29, 1.82) is 0 Å². The van der Waals surface area contributed by atoms with Crippen molar-refractivity contribution in [2.75, 3.05) is 25.5 Å². The first kappa shape index (κ1) is 16.2. The summed E-state index contributed by atoms with van der Waals surface area (Å²) >= 11 is 0. The van der Waals surface area contributed by atoms with Crippen LogP contribution in [-0.2, 0) is 0 Å². The number of rotatable bonds is 4. The second kappa shape index (κ2) is 7.29. The molecule has 3 rings (SSSR count). The van der Waals surface area contributed by atoms with E-state index < -0.39 is 0 Å². The molecule has 1 aromatic carbocycles. The van der Waals surface area contributed by atoms with E-state index in [2.05, 4.69) is 15.5 Å². The van der Waals surface area contributed by atoms with Crippen LogP contribution < -0.4 is 10.1 Å². The quantitative estimate of drug-likeness (QED) is 0.935. The maximum Gasteiger partial charge on any atom is 0.257 e. The Balaban J connectivity index is 1.62. The molecule has 0 radical (unpaired) electrons. The third-order valence-electron chi connectivity index (χ3n) is 4.29. The van der Waals surface area contributed by atoms with Crippen molar-refractivity contribution in [1.82, 2.24) is 15.1 Å². The normalized spacial score (nSPS) is 15.2. The standard InChI is InChI=1S/C18H22N4O2/c1-13-5-6-16(24-2)15(12-13)18(23)22-10-7-14(8-11-22)20-17-4-3-9-19-21-17/h3-6,9,12,14H,7-8,10-11H2,1-2H3,(H,20,21). The summed E-state index contributed by atoms with van der Waals surface area (Å²) in [5, 5.41) is 11.3. The summed E-state index contributed by atoms with van der Waals surface area (Å²) in [5.41, 5.74) is 1.69. The second-order valence-electron chi connectivity index (χ2n) is 6.02. The van der Waals surface area contributed by atoms with E-state index in [9.17, 15) is 4.79 Å². The van der Waals surface area contributed by atoms with E-state index in [0.717, 1.165) is 24.2 Å². The van der Waals surface area contributed by atoms with Gasteiger partial charge < -0.3 is 15.0 Å². The van der Waals surface area contributed by atoms with Gasteiger partial charge in [-0.3, -0.25) is 4.79 Å². The Labute approximate surface area is 141 Å². The number of benzene rings is 1. The minimum Gasteiger partial charge on any atom is -0.496 e. The molecule has 6 nitrogen and oxygen atoms in total. The van der Waals surface area contributed by atoms with Crippen LogP contribution in [0.25, 0.3) is 0 Å². The SMILES string of the molecule is COc1ccc(C)cc1C(=O)N1CCC(Nc2cccnn2)CC1. The van der Waals surface area contributed by atoms with Crippen molar-refractivity contribution < 1.29 is 9.53 Å². The summed E-state index contributed by atoms with van der Waals surface area (Å²) in [5.74, 6) is 1.45. The summed E-state index contributed by atoms with van der Waals surface area (Å²) in [6.45, 7) is 3.41. The molecular weight excluding hydrogens is 304 g/mol. The smallest absolute Gasteiger partial charge is 0.257 e. The number of likely N-dealkylation sites (tertiary alicyclic amines) is 1. The number of carbonyl (C=O) groups is 1. The van der Waals surface area contributed by atoms with E-state index in [1.165, 1.54) is 0 Å². The summed E-state index contributed by atoms with van der Waals surface area (Å²) in [6, 6.07) is 9.77. The molecule has 1 amide bonds. The monoisotopic (exact) mass is 326 g/mol. The Hall–Kier alpha value is -2.63. The highest BCUT2D eigenvalue weighted by Gasteiger charge is 2.25. The van der Waals surface area contributed by atoms with Crippen molar-refractivity contribution in [3.8, 4) is 5.75 Å². The van der Waals surface area contributed by atoms with Crippen LogP contribution in [0.1, 0.15) is 28.8 Å². The zero-order chi connectivity index (χ0) is 16.9. The fourth-order valence-electron chi connectivity index (χ4n) is 2.97. The molecule has 0 aliphatic carbocycles. The minimum atomic E-state index is 0.0357. The van der Waals surface area contributed by atoms with Crippen LogP contribution in [0, 0.1) is 6.92 Å². The molecule has 24 heavy (non-hydrogen) atoms. The van der Waals surface area contributed by atoms with Gasteiger partial charge in [0.1, 0.15) is 11.6 Å². The Kier molecular flexibility index (Phi) is 4.93. The average molecular weight is 326 g/mol. The highest BCUT2D eigenvalue weighted by Crippen LogP contribution is 2.23. The van der Waals surface area contributed by atoms with Crippen LogP contribution >= 0.6 is 0 Å². The van der Waals surface area contributed by atoms with Gasteiger partial charge in [0.25, 0.3) is 5.91 Å². The number of aryl methyl sites for hydroxylation is 1. The van der Waals surface area contributed by atoms with Gasteiger partial charge in [-0.2, -0.15) is 5.10 Å². The zero-order valence-corrected chi connectivity index (χ0v) is 14.0. The number of carbonyl (C=O) groups excluding carboxylic acids is 1. The van der Waals surface area contributed by atoms with E-state index in [1.54, 1.807) is 13.3 Å². The predicted molar refractivity (Wildman–Crippen MR) is 92.3 cm³/mol. The first-order chi connectivity index (χ1) is 11.7. The Morgan fingerprint density at radius 1 is 1.29 bits per heavy atom. The maximum atomic E-state index is 12.8. The van der Waals surface area contributed by atoms with E-state index in [0.29, 0.717) is 30.4 Å². The van der Waals surface area contributed by atoms with Crippen molar-refractivity contribution in [3.63, 3.8) is 0 Å². The largest absolute Gasteiger partial charge is 0.496 e. The molecule has 0 atom stereocenters. The lowest BCUT2D eigenvalue weighted by Gasteiger charge is -2.33. The van der Waals surface area contributed by atoms with Crippen molar-refractivity contribution in [3.05, 3.63) is 47.7 Å². The van der Waals surface area contributed by atoms with Gasteiger partial charge in [0.05, 0.1) is 12.7 Å². The minimum absolute atomic E-state index is 0.0357. The maximum absolute atomic E-state index is 12.8. The summed E-state index contributed by atoms with van der Waals surface area (Å²) < 4.78 is 5.34. The number of methoxy groups -OCH3 is 1. The van der Waals surface area contributed by atoms with E-state index >= 15 is 0 Å². The number of hydrogen-bond acceptors (Lipinski definition) is 5. The van der Waals surface area contributed by atoms with E-state index in [1.807, 2.05) is 42.2 Å². The Bertz CT molecular complexity index is 697. The molecule has 6 heteroatoms. The number of ether oxygens (including phenoxy) is 1. The molecule has 0 spiro atoms. The van der Waals surface area contributed by atoms with Gasteiger partial charge >= 0.3 is 0 Å². The number of aromatic nitrogens is 2. The number of hydrogen-bond donors (Lipinski definition) is 1. The highest BCUT2D eigenvalue weighted by molar-refractivity contribution is 5.97. The van der Waals surface area contributed by atoms with Gasteiger partial charge in [-0.25, -0.2) is 0 Å². The van der Waals surface area contributed by atoms with Gasteiger partial charge in [0.15, 0.2) is 0 Å². The highest BCUT2D eigenvalue weighted by atomic mass is 16.5. The fourth-order valence-corrected chi connectivity index (χ4v) is 2.97.